The highest BCUT2D eigenvalue weighted by Crippen LogP contribution is 2.37. The number of carbonyl (C=O) groups is 1. The van der Waals surface area contributed by atoms with Gasteiger partial charge in [-0.15, -0.1) is 0 Å². The minimum absolute atomic E-state index is 0.0300. The van der Waals surface area contributed by atoms with Gasteiger partial charge in [-0.25, -0.2) is 0 Å². The summed E-state index contributed by atoms with van der Waals surface area (Å²) in [5, 5.41) is 17.4. The Morgan fingerprint density at radius 3 is 3.00 bits per heavy atom. The van der Waals surface area contributed by atoms with Crippen LogP contribution in [-0.4, -0.2) is 38.6 Å². The minimum atomic E-state index is -0.0300. The van der Waals surface area contributed by atoms with Crippen LogP contribution in [0.1, 0.15) is 23.6 Å². The molecule has 0 radical (unpaired) electrons. The summed E-state index contributed by atoms with van der Waals surface area (Å²) >= 11 is 7.03. The quantitative estimate of drug-likeness (QED) is 0.911. The van der Waals surface area contributed by atoms with E-state index >= 15 is 0 Å². The molecule has 3 rings (SSSR count). The van der Waals surface area contributed by atoms with Crippen molar-refractivity contribution in [2.24, 2.45) is 13.0 Å². The number of hydrogen-bond donors (Lipinski definition) is 1. The third-order valence-corrected chi connectivity index (χ3v) is 5.23. The summed E-state index contributed by atoms with van der Waals surface area (Å²) < 4.78 is 5.70. The van der Waals surface area contributed by atoms with Crippen LogP contribution in [0.15, 0.2) is 12.4 Å². The number of rotatable bonds is 4. The zero-order valence-electron chi connectivity index (χ0n) is 12.7. The van der Waals surface area contributed by atoms with E-state index in [9.17, 15) is 4.79 Å². The second-order valence-corrected chi connectivity index (χ2v) is 6.66. The number of carbonyl (C=O) groups excluding carboxylic acids is 1. The third kappa shape index (κ3) is 2.90. The smallest absolute Gasteiger partial charge is 0.223 e. The highest BCUT2D eigenvalue weighted by molar-refractivity contribution is 7.10. The predicted molar refractivity (Wildman–Crippen MR) is 87.2 cm³/mol. The minimum Gasteiger partial charge on any atom is -0.374 e. The van der Waals surface area contributed by atoms with Crippen molar-refractivity contribution in [1.82, 2.24) is 19.1 Å². The monoisotopic (exact) mass is 350 g/mol. The molecule has 9 heteroatoms. The Labute approximate surface area is 142 Å². The van der Waals surface area contributed by atoms with E-state index in [4.69, 9.17) is 16.9 Å². The van der Waals surface area contributed by atoms with Crippen molar-refractivity contribution in [2.75, 3.05) is 18.9 Å². The fraction of sp³-hybridized carbons (Fsp3) is 0.429. The molecule has 1 fully saturated rings. The van der Waals surface area contributed by atoms with Crippen LogP contribution in [0.5, 0.6) is 0 Å². The fourth-order valence-electron chi connectivity index (χ4n) is 2.94. The topological polar surface area (TPSA) is 86.8 Å². The second kappa shape index (κ2) is 6.18. The zero-order valence-corrected chi connectivity index (χ0v) is 14.2. The van der Waals surface area contributed by atoms with Crippen molar-refractivity contribution >= 4 is 34.0 Å². The lowest BCUT2D eigenvalue weighted by molar-refractivity contribution is -0.127. The normalized spacial score (nSPS) is 20.8. The van der Waals surface area contributed by atoms with Crippen LogP contribution < -0.4 is 5.32 Å². The van der Waals surface area contributed by atoms with E-state index in [1.165, 1.54) is 0 Å². The van der Waals surface area contributed by atoms with Crippen molar-refractivity contribution in [3.63, 3.8) is 0 Å². The molecule has 0 aliphatic carbocycles. The van der Waals surface area contributed by atoms with Gasteiger partial charge >= 0.3 is 0 Å². The number of aromatic nitrogens is 3. The summed E-state index contributed by atoms with van der Waals surface area (Å²) in [6.07, 6.45) is 4.17. The number of nitriles is 1. The standard InChI is InChI=1S/C14H15ClN6OS/c1-20-7-9(6-18-20)12-8(3-11(22)21(12)2)5-17-14-10(4-16)13(15)19-23-14/h6-8,12,17H,3,5H2,1-2H3/t8-,12+/m0/s1. The molecule has 1 amide bonds. The Bertz CT molecular complexity index is 779. The lowest BCUT2D eigenvalue weighted by Gasteiger charge is -2.24. The Kier molecular flexibility index (Phi) is 4.24. The van der Waals surface area contributed by atoms with Crippen LogP contribution in [-0.2, 0) is 11.8 Å². The molecule has 1 aliphatic rings. The van der Waals surface area contributed by atoms with Gasteiger partial charge in [0.1, 0.15) is 16.6 Å². The van der Waals surface area contributed by atoms with Crippen LogP contribution >= 0.6 is 23.1 Å². The molecular weight excluding hydrogens is 336 g/mol. The Hall–Kier alpha value is -2.11. The Balaban J connectivity index is 1.78. The Morgan fingerprint density at radius 1 is 1.57 bits per heavy atom. The molecule has 0 unspecified atom stereocenters. The highest BCUT2D eigenvalue weighted by Gasteiger charge is 2.39. The first-order valence-electron chi connectivity index (χ1n) is 7.04. The lowest BCUT2D eigenvalue weighted by atomic mass is 9.96. The molecule has 2 aromatic rings. The molecule has 1 aliphatic heterocycles. The van der Waals surface area contributed by atoms with Crippen molar-refractivity contribution < 1.29 is 4.79 Å². The largest absolute Gasteiger partial charge is 0.374 e. The van der Waals surface area contributed by atoms with Crippen LogP contribution in [0.4, 0.5) is 5.00 Å². The van der Waals surface area contributed by atoms with Gasteiger partial charge in [0.2, 0.25) is 5.91 Å². The molecule has 2 atom stereocenters. The van der Waals surface area contributed by atoms with Gasteiger partial charge in [0.15, 0.2) is 5.15 Å². The van der Waals surface area contributed by atoms with Crippen LogP contribution in [0.2, 0.25) is 5.15 Å². The molecule has 2 aromatic heterocycles. The van der Waals surface area contributed by atoms with E-state index in [1.54, 1.807) is 15.8 Å². The predicted octanol–water partition coefficient (Wildman–Crippen LogP) is 2.03. The van der Waals surface area contributed by atoms with Gasteiger partial charge in [0.05, 0.1) is 12.2 Å². The maximum absolute atomic E-state index is 12.1. The highest BCUT2D eigenvalue weighted by atomic mass is 35.5. The average Bonchev–Trinajstić information content (AvgIpc) is 3.17. The molecule has 0 bridgehead atoms. The molecule has 0 saturated carbocycles. The summed E-state index contributed by atoms with van der Waals surface area (Å²) in [7, 11) is 3.66. The van der Waals surface area contributed by atoms with E-state index in [1.807, 2.05) is 26.4 Å². The van der Waals surface area contributed by atoms with Gasteiger partial charge in [0.25, 0.3) is 0 Å². The maximum atomic E-state index is 12.1. The molecule has 7 nitrogen and oxygen atoms in total. The van der Waals surface area contributed by atoms with Gasteiger partial charge in [-0.1, -0.05) is 11.6 Å². The molecule has 23 heavy (non-hydrogen) atoms. The summed E-state index contributed by atoms with van der Waals surface area (Å²) in [4.78, 5) is 13.9. The maximum Gasteiger partial charge on any atom is 0.223 e. The number of anilines is 1. The molecular formula is C14H15ClN6OS. The van der Waals surface area contributed by atoms with Crippen molar-refractivity contribution in [3.05, 3.63) is 28.7 Å². The zero-order chi connectivity index (χ0) is 16.6. The number of amides is 1. The van der Waals surface area contributed by atoms with Crippen LogP contribution in [0.25, 0.3) is 0 Å². The first kappa shape index (κ1) is 15.8. The molecule has 0 spiro atoms. The summed E-state index contributed by atoms with van der Waals surface area (Å²) in [5.41, 5.74) is 1.36. The SMILES string of the molecule is CN1C(=O)C[C@@H](CNc2snc(Cl)c2C#N)[C@@H]1c1cnn(C)c1. The van der Waals surface area contributed by atoms with E-state index < -0.39 is 0 Å². The van der Waals surface area contributed by atoms with Gasteiger partial charge in [-0.05, 0) is 11.5 Å². The number of aryl methyl sites for hydroxylation is 1. The van der Waals surface area contributed by atoms with E-state index in [0.717, 1.165) is 17.1 Å². The van der Waals surface area contributed by atoms with Crippen molar-refractivity contribution in [1.29, 1.82) is 5.26 Å². The van der Waals surface area contributed by atoms with Crippen molar-refractivity contribution in [3.8, 4) is 6.07 Å². The molecule has 0 aromatic carbocycles. The number of nitrogens with zero attached hydrogens (tertiary/aromatic N) is 5. The first-order valence-corrected chi connectivity index (χ1v) is 8.19. The number of nitrogens with one attached hydrogen (secondary N) is 1. The molecule has 3 heterocycles. The first-order chi connectivity index (χ1) is 11.0. The fourth-order valence-corrected chi connectivity index (χ4v) is 3.88. The number of halogens is 1. The van der Waals surface area contributed by atoms with Gasteiger partial charge in [-0.3, -0.25) is 9.48 Å². The second-order valence-electron chi connectivity index (χ2n) is 5.53. The van der Waals surface area contributed by atoms with E-state index in [2.05, 4.69) is 14.8 Å². The molecule has 1 N–H and O–H groups in total. The van der Waals surface area contributed by atoms with Crippen LogP contribution in [0, 0.1) is 17.2 Å². The third-order valence-electron chi connectivity index (χ3n) is 4.05. The van der Waals surface area contributed by atoms with Crippen molar-refractivity contribution in [2.45, 2.75) is 12.5 Å². The summed E-state index contributed by atoms with van der Waals surface area (Å²) in [6.45, 7) is 0.558. The summed E-state index contributed by atoms with van der Waals surface area (Å²) in [5.74, 6) is 0.192. The van der Waals surface area contributed by atoms with Gasteiger partial charge in [-0.2, -0.15) is 14.7 Å². The molecule has 1 saturated heterocycles. The average molecular weight is 351 g/mol. The van der Waals surface area contributed by atoms with E-state index in [0.29, 0.717) is 23.5 Å². The number of hydrogen-bond acceptors (Lipinski definition) is 6. The van der Waals surface area contributed by atoms with Gasteiger partial charge in [0, 0.05) is 44.7 Å². The molecule has 120 valence electrons. The number of likely N-dealkylation sites (tertiary alicyclic amines) is 1. The van der Waals surface area contributed by atoms with E-state index in [-0.39, 0.29) is 23.0 Å². The Morgan fingerprint density at radius 2 is 2.35 bits per heavy atom. The summed E-state index contributed by atoms with van der Waals surface area (Å²) in [6, 6.07) is 2.02. The van der Waals surface area contributed by atoms with Gasteiger partial charge < -0.3 is 10.2 Å². The van der Waals surface area contributed by atoms with Crippen LogP contribution in [0.3, 0.4) is 0 Å². The lowest BCUT2D eigenvalue weighted by Crippen LogP contribution is -2.26.